The van der Waals surface area contributed by atoms with Crippen LogP contribution in [-0.2, 0) is 5.75 Å². The Kier molecular flexibility index (Phi) is 2.99. The normalized spacial score (nSPS) is 13.2. The summed E-state index contributed by atoms with van der Waals surface area (Å²) in [6.45, 7) is 0. The van der Waals surface area contributed by atoms with Crippen LogP contribution in [0.3, 0.4) is 0 Å². The van der Waals surface area contributed by atoms with Crippen molar-refractivity contribution >= 4 is 20.7 Å². The Morgan fingerprint density at radius 1 is 1.00 bits per heavy atom. The van der Waals surface area contributed by atoms with E-state index in [0.29, 0.717) is 0 Å². The van der Waals surface area contributed by atoms with Gasteiger partial charge in [-0.05, 0) is 6.07 Å². The lowest BCUT2D eigenvalue weighted by molar-refractivity contribution is 1.21. The van der Waals surface area contributed by atoms with Crippen LogP contribution in [0.5, 0.6) is 0 Å². The van der Waals surface area contributed by atoms with Gasteiger partial charge >= 0.3 is 4.80 Å². The third-order valence-corrected chi connectivity index (χ3v) is 5.24. The van der Waals surface area contributed by atoms with Crippen molar-refractivity contribution in [1.29, 1.82) is 0 Å². The number of hydrogen-bond donors (Lipinski definition) is 1. The molecule has 3 rings (SSSR count). The molecule has 3 aromatic rings. The number of hydrogen-bond acceptors (Lipinski definition) is 1. The Bertz CT molecular complexity index is 723. The number of H-pyrrole nitrogens is 1. The minimum Gasteiger partial charge on any atom is -0.291 e. The van der Waals surface area contributed by atoms with Gasteiger partial charge in [-0.2, -0.15) is 0 Å². The first kappa shape index (κ1) is 11.2. The first-order valence-corrected chi connectivity index (χ1v) is 7.35. The fourth-order valence-corrected chi connectivity index (χ4v) is 4.23. The Morgan fingerprint density at radius 3 is 2.50 bits per heavy atom. The van der Waals surface area contributed by atoms with E-state index in [9.17, 15) is 0 Å². The number of thiazole rings is 1. The first-order valence-electron chi connectivity index (χ1n) is 5.96. The molecule has 0 aliphatic carbocycles. The molecule has 0 fully saturated rings. The fourth-order valence-electron chi connectivity index (χ4n) is 2.12. The Balaban J connectivity index is 2.16. The predicted octanol–water partition coefficient (Wildman–Crippen LogP) is 3.50. The molecule has 0 aliphatic rings. The number of nitrogens with zero attached hydrogens (tertiary/aromatic N) is 1. The maximum Gasteiger partial charge on any atom is 0.340 e. The number of fused-ring (bicyclic) bond motifs is 1. The average molecular weight is 255 g/mol. The molecular formula is C15H15N2S+. The van der Waals surface area contributed by atoms with Gasteiger partial charge in [-0.15, -0.1) is 0 Å². The zero-order valence-corrected chi connectivity index (χ0v) is 11.1. The van der Waals surface area contributed by atoms with Crippen molar-refractivity contribution < 1.29 is 0 Å². The van der Waals surface area contributed by atoms with Crippen molar-refractivity contribution in [3.05, 3.63) is 65.0 Å². The smallest absolute Gasteiger partial charge is 0.291 e. The third kappa shape index (κ3) is 1.97. The summed E-state index contributed by atoms with van der Waals surface area (Å²) in [5, 5.41) is 0. The molecule has 1 atom stereocenters. The molecule has 0 saturated heterocycles. The van der Waals surface area contributed by atoms with E-state index < -0.39 is 0 Å². The summed E-state index contributed by atoms with van der Waals surface area (Å²) in [5.74, 6) is 1.03. The van der Waals surface area contributed by atoms with E-state index in [-0.39, 0.29) is 10.5 Å². The van der Waals surface area contributed by atoms with Crippen molar-refractivity contribution in [2.24, 2.45) is 4.99 Å². The van der Waals surface area contributed by atoms with Crippen LogP contribution in [0.4, 0.5) is 0 Å². The van der Waals surface area contributed by atoms with Gasteiger partial charge in [-0.3, -0.25) is 4.98 Å². The van der Waals surface area contributed by atoms with Gasteiger partial charge in [0.15, 0.2) is 5.75 Å². The van der Waals surface area contributed by atoms with Crippen LogP contribution in [-0.4, -0.2) is 12.0 Å². The number of para-hydroxylation sites is 1. The van der Waals surface area contributed by atoms with E-state index >= 15 is 0 Å². The molecule has 90 valence electrons. The topological polar surface area (TPSA) is 28.1 Å². The van der Waals surface area contributed by atoms with Crippen LogP contribution < -0.4 is 4.80 Å². The molecule has 2 aromatic carbocycles. The summed E-state index contributed by atoms with van der Waals surface area (Å²) in [5.41, 5.74) is 2.57. The standard InChI is InChI=1S/C15H15N2S/c1-16-15-17-13-9-5-6-10-14(13)18(15)11-12-7-3-2-4-8-12/h2-10H,11H2,1H3,(H,16,17)/q+1. The van der Waals surface area contributed by atoms with Gasteiger partial charge in [0, 0.05) is 29.1 Å². The van der Waals surface area contributed by atoms with Crippen molar-refractivity contribution in [2.45, 2.75) is 5.75 Å². The van der Waals surface area contributed by atoms with Crippen LogP contribution >= 0.6 is 10.5 Å². The molecule has 0 amide bonds. The Labute approximate surface area is 109 Å². The molecule has 0 radical (unpaired) electrons. The largest absolute Gasteiger partial charge is 0.340 e. The number of aromatic nitrogens is 1. The van der Waals surface area contributed by atoms with Crippen LogP contribution in [0.25, 0.3) is 10.2 Å². The van der Waals surface area contributed by atoms with E-state index in [1.54, 1.807) is 0 Å². The molecule has 1 aromatic heterocycles. The lowest BCUT2D eigenvalue weighted by atomic mass is 10.2. The van der Waals surface area contributed by atoms with E-state index in [0.717, 1.165) is 10.6 Å². The second-order valence-corrected chi connectivity index (χ2v) is 6.07. The average Bonchev–Trinajstić information content (AvgIpc) is 2.78. The van der Waals surface area contributed by atoms with Crippen molar-refractivity contribution in [3.8, 4) is 0 Å². The second kappa shape index (κ2) is 4.78. The summed E-state index contributed by atoms with van der Waals surface area (Å²) in [6, 6.07) is 19.1. The van der Waals surface area contributed by atoms with E-state index in [1.165, 1.54) is 15.8 Å². The zero-order chi connectivity index (χ0) is 12.4. The SMILES string of the molecule is CN=c1[nH]c2ccccc2[s+]1Cc1ccccc1. The quantitative estimate of drug-likeness (QED) is 0.679. The minimum absolute atomic E-state index is 0.0479. The fraction of sp³-hybridized carbons (Fsp3) is 0.133. The van der Waals surface area contributed by atoms with Gasteiger partial charge in [0.1, 0.15) is 5.52 Å². The Morgan fingerprint density at radius 2 is 1.72 bits per heavy atom. The summed E-state index contributed by atoms with van der Waals surface area (Å²) in [7, 11) is 1.91. The van der Waals surface area contributed by atoms with Gasteiger partial charge in [0.05, 0.1) is 0 Å². The van der Waals surface area contributed by atoms with E-state index in [1.807, 2.05) is 7.05 Å². The summed E-state index contributed by atoms with van der Waals surface area (Å²) in [4.78, 5) is 8.91. The summed E-state index contributed by atoms with van der Waals surface area (Å²) < 4.78 is 1.38. The molecule has 1 unspecified atom stereocenters. The zero-order valence-electron chi connectivity index (χ0n) is 10.3. The number of nitrogens with one attached hydrogen (secondary N) is 1. The third-order valence-electron chi connectivity index (χ3n) is 2.98. The van der Waals surface area contributed by atoms with E-state index in [4.69, 9.17) is 0 Å². The number of aromatic amines is 1. The molecule has 0 aliphatic heterocycles. The van der Waals surface area contributed by atoms with Gasteiger partial charge < -0.3 is 0 Å². The lowest BCUT2D eigenvalue weighted by Gasteiger charge is -1.92. The maximum atomic E-state index is 4.40. The highest BCUT2D eigenvalue weighted by Crippen LogP contribution is 2.28. The van der Waals surface area contributed by atoms with Gasteiger partial charge in [0.25, 0.3) is 0 Å². The molecular weight excluding hydrogens is 240 g/mol. The maximum absolute atomic E-state index is 4.40. The molecule has 0 bridgehead atoms. The highest BCUT2D eigenvalue weighted by atomic mass is 32.2. The highest BCUT2D eigenvalue weighted by Gasteiger charge is 2.17. The van der Waals surface area contributed by atoms with Crippen LogP contribution in [0.15, 0.2) is 59.6 Å². The molecule has 1 N–H and O–H groups in total. The predicted molar refractivity (Wildman–Crippen MR) is 77.8 cm³/mol. The van der Waals surface area contributed by atoms with Crippen molar-refractivity contribution in [1.82, 2.24) is 4.98 Å². The molecule has 1 heterocycles. The van der Waals surface area contributed by atoms with Crippen molar-refractivity contribution in [3.63, 3.8) is 0 Å². The summed E-state index contributed by atoms with van der Waals surface area (Å²) >= 11 is 0. The molecule has 18 heavy (non-hydrogen) atoms. The second-order valence-electron chi connectivity index (χ2n) is 4.17. The van der Waals surface area contributed by atoms with Gasteiger partial charge in [-0.1, -0.05) is 42.5 Å². The highest BCUT2D eigenvalue weighted by molar-refractivity contribution is 7.34. The number of benzene rings is 2. The molecule has 3 heteroatoms. The monoisotopic (exact) mass is 255 g/mol. The lowest BCUT2D eigenvalue weighted by Crippen LogP contribution is -2.01. The van der Waals surface area contributed by atoms with E-state index in [2.05, 4.69) is 64.6 Å². The minimum atomic E-state index is 0.0479. The van der Waals surface area contributed by atoms with Crippen LogP contribution in [0.2, 0.25) is 0 Å². The van der Waals surface area contributed by atoms with Crippen LogP contribution in [0.1, 0.15) is 5.56 Å². The first-order chi connectivity index (χ1) is 8.88. The van der Waals surface area contributed by atoms with Crippen molar-refractivity contribution in [2.75, 3.05) is 7.05 Å². The Hall–Kier alpha value is -1.87. The van der Waals surface area contributed by atoms with Crippen LogP contribution in [0, 0.1) is 0 Å². The molecule has 0 spiro atoms. The van der Waals surface area contributed by atoms with Gasteiger partial charge in [-0.25, -0.2) is 4.99 Å². The van der Waals surface area contributed by atoms with Gasteiger partial charge in [0.2, 0.25) is 4.70 Å². The molecule has 2 nitrogen and oxygen atoms in total. The summed E-state index contributed by atoms with van der Waals surface area (Å²) in [6.07, 6.45) is 0. The number of rotatable bonds is 2. The molecule has 0 saturated carbocycles.